The second kappa shape index (κ2) is 6.11. The third-order valence-electron chi connectivity index (χ3n) is 3.03. The summed E-state index contributed by atoms with van der Waals surface area (Å²) in [4.78, 5) is 15.0. The first-order valence-corrected chi connectivity index (χ1v) is 7.13. The van der Waals surface area contributed by atoms with Crippen LogP contribution in [0.2, 0.25) is 0 Å². The molecule has 5 heteroatoms. The Balaban J connectivity index is 1.90. The van der Waals surface area contributed by atoms with Crippen molar-refractivity contribution in [2.45, 2.75) is 11.8 Å². The molecule has 0 aliphatic carbocycles. The highest BCUT2D eigenvalue weighted by atomic mass is 32.2. The summed E-state index contributed by atoms with van der Waals surface area (Å²) >= 11 is 1.57. The molecule has 0 radical (unpaired) electrons. The number of carbonyl (C=O) groups is 1. The fraction of sp³-hybridized carbons (Fsp3) is 0.462. The van der Waals surface area contributed by atoms with E-state index in [9.17, 15) is 4.79 Å². The lowest BCUT2D eigenvalue weighted by Gasteiger charge is -2.27. The maximum absolute atomic E-state index is 12.0. The number of hydrogen-bond donors (Lipinski definition) is 2. The van der Waals surface area contributed by atoms with E-state index in [0.717, 1.165) is 36.8 Å². The van der Waals surface area contributed by atoms with Gasteiger partial charge in [-0.1, -0.05) is 6.07 Å². The molecule has 4 nitrogen and oxygen atoms in total. The minimum absolute atomic E-state index is 0.211. The van der Waals surface area contributed by atoms with Gasteiger partial charge in [-0.15, -0.1) is 11.8 Å². The Morgan fingerprint density at radius 3 is 2.89 bits per heavy atom. The fourth-order valence-corrected chi connectivity index (χ4v) is 2.89. The van der Waals surface area contributed by atoms with Crippen LogP contribution in [-0.2, 0) is 4.79 Å². The van der Waals surface area contributed by atoms with Crippen LogP contribution in [0.15, 0.2) is 23.1 Å². The molecule has 1 aliphatic heterocycles. The number of benzene rings is 1. The predicted octanol–water partition coefficient (Wildman–Crippen LogP) is 1.10. The summed E-state index contributed by atoms with van der Waals surface area (Å²) < 4.78 is 0. The summed E-state index contributed by atoms with van der Waals surface area (Å²) in [5.74, 6) is 0.702. The van der Waals surface area contributed by atoms with Crippen LogP contribution in [0.4, 0.5) is 5.69 Å². The molecule has 0 aromatic heterocycles. The molecule has 3 N–H and O–H groups in total. The number of piperazine rings is 1. The van der Waals surface area contributed by atoms with Crippen molar-refractivity contribution in [2.75, 3.05) is 37.7 Å². The van der Waals surface area contributed by atoms with E-state index in [4.69, 9.17) is 5.73 Å². The van der Waals surface area contributed by atoms with Crippen molar-refractivity contribution in [3.8, 4) is 0 Å². The van der Waals surface area contributed by atoms with Crippen molar-refractivity contribution < 1.29 is 4.79 Å². The van der Waals surface area contributed by atoms with Gasteiger partial charge in [-0.05, 0) is 24.6 Å². The quantitative estimate of drug-likeness (QED) is 0.635. The van der Waals surface area contributed by atoms with Gasteiger partial charge in [-0.25, -0.2) is 0 Å². The molecular formula is C13H19N3OS. The second-order valence-corrected chi connectivity index (χ2v) is 5.46. The highest BCUT2D eigenvalue weighted by Crippen LogP contribution is 2.24. The van der Waals surface area contributed by atoms with Crippen LogP contribution in [0.5, 0.6) is 0 Å². The van der Waals surface area contributed by atoms with Crippen LogP contribution < -0.4 is 11.1 Å². The number of aryl methyl sites for hydroxylation is 1. The number of amides is 1. The van der Waals surface area contributed by atoms with E-state index in [-0.39, 0.29) is 5.91 Å². The number of anilines is 1. The largest absolute Gasteiger partial charge is 0.399 e. The lowest BCUT2D eigenvalue weighted by molar-refractivity contribution is -0.128. The van der Waals surface area contributed by atoms with Gasteiger partial charge < -0.3 is 16.0 Å². The van der Waals surface area contributed by atoms with Crippen molar-refractivity contribution in [2.24, 2.45) is 0 Å². The third-order valence-corrected chi connectivity index (χ3v) is 4.18. The smallest absolute Gasteiger partial charge is 0.233 e. The fourth-order valence-electron chi connectivity index (χ4n) is 1.92. The van der Waals surface area contributed by atoms with Crippen molar-refractivity contribution in [3.63, 3.8) is 0 Å². The lowest BCUT2D eigenvalue weighted by atomic mass is 10.2. The molecular weight excluding hydrogens is 246 g/mol. The van der Waals surface area contributed by atoms with Crippen molar-refractivity contribution in [1.82, 2.24) is 10.2 Å². The molecule has 1 fully saturated rings. The maximum atomic E-state index is 12.0. The van der Waals surface area contributed by atoms with Gasteiger partial charge >= 0.3 is 0 Å². The normalized spacial score (nSPS) is 15.7. The average molecular weight is 265 g/mol. The van der Waals surface area contributed by atoms with Crippen LogP contribution in [0.3, 0.4) is 0 Å². The minimum Gasteiger partial charge on any atom is -0.399 e. The van der Waals surface area contributed by atoms with Gasteiger partial charge in [0.1, 0.15) is 0 Å². The van der Waals surface area contributed by atoms with Gasteiger partial charge in [0, 0.05) is 36.8 Å². The van der Waals surface area contributed by atoms with E-state index < -0.39 is 0 Å². The first kappa shape index (κ1) is 13.2. The highest BCUT2D eigenvalue weighted by Gasteiger charge is 2.16. The highest BCUT2D eigenvalue weighted by molar-refractivity contribution is 8.00. The molecule has 18 heavy (non-hydrogen) atoms. The zero-order valence-corrected chi connectivity index (χ0v) is 11.4. The van der Waals surface area contributed by atoms with E-state index in [1.165, 1.54) is 5.56 Å². The first-order chi connectivity index (χ1) is 8.66. The number of thioether (sulfide) groups is 1. The molecule has 1 amide bonds. The first-order valence-electron chi connectivity index (χ1n) is 6.14. The van der Waals surface area contributed by atoms with Gasteiger partial charge in [0.05, 0.1) is 5.75 Å². The molecule has 98 valence electrons. The van der Waals surface area contributed by atoms with Crippen LogP contribution in [-0.4, -0.2) is 42.7 Å². The standard InChI is InChI=1S/C13H19N3OS/c1-10-2-3-11(14)8-12(10)18-9-13(17)16-6-4-15-5-7-16/h2-3,8,15H,4-7,9,14H2,1H3. The Morgan fingerprint density at radius 2 is 2.17 bits per heavy atom. The molecule has 1 aromatic carbocycles. The molecule has 1 saturated heterocycles. The summed E-state index contributed by atoms with van der Waals surface area (Å²) in [5.41, 5.74) is 7.68. The number of hydrogen-bond acceptors (Lipinski definition) is 4. The van der Waals surface area contributed by atoms with Gasteiger partial charge in [-0.3, -0.25) is 4.79 Å². The zero-order chi connectivity index (χ0) is 13.0. The number of rotatable bonds is 3. The topological polar surface area (TPSA) is 58.4 Å². The van der Waals surface area contributed by atoms with Gasteiger partial charge in [-0.2, -0.15) is 0 Å². The number of nitrogens with zero attached hydrogens (tertiary/aromatic N) is 1. The van der Waals surface area contributed by atoms with E-state index in [2.05, 4.69) is 5.32 Å². The third kappa shape index (κ3) is 3.40. The van der Waals surface area contributed by atoms with E-state index >= 15 is 0 Å². The number of nitrogens with two attached hydrogens (primary N) is 1. The Labute approximate surface area is 112 Å². The monoisotopic (exact) mass is 265 g/mol. The summed E-state index contributed by atoms with van der Waals surface area (Å²) in [5, 5.41) is 3.24. The molecule has 2 rings (SSSR count). The van der Waals surface area contributed by atoms with E-state index in [1.807, 2.05) is 30.0 Å². The SMILES string of the molecule is Cc1ccc(N)cc1SCC(=O)N1CCNCC1. The summed E-state index contributed by atoms with van der Waals surface area (Å²) in [6.07, 6.45) is 0. The van der Waals surface area contributed by atoms with E-state index in [1.54, 1.807) is 11.8 Å². The molecule has 0 unspecified atom stereocenters. The Bertz CT molecular complexity index is 430. The van der Waals surface area contributed by atoms with Gasteiger partial charge in [0.2, 0.25) is 5.91 Å². The Hall–Kier alpha value is -1.20. The molecule has 1 aromatic rings. The van der Waals surface area contributed by atoms with Crippen molar-refractivity contribution in [1.29, 1.82) is 0 Å². The van der Waals surface area contributed by atoms with Crippen molar-refractivity contribution >= 4 is 23.4 Å². The minimum atomic E-state index is 0.211. The lowest BCUT2D eigenvalue weighted by Crippen LogP contribution is -2.47. The summed E-state index contributed by atoms with van der Waals surface area (Å²) in [7, 11) is 0. The number of nitrogens with one attached hydrogen (secondary N) is 1. The Morgan fingerprint density at radius 1 is 1.44 bits per heavy atom. The van der Waals surface area contributed by atoms with Gasteiger partial charge in [0.15, 0.2) is 0 Å². The zero-order valence-electron chi connectivity index (χ0n) is 10.6. The van der Waals surface area contributed by atoms with Crippen LogP contribution in [0.1, 0.15) is 5.56 Å². The molecule has 1 aliphatic rings. The van der Waals surface area contributed by atoms with Gasteiger partial charge in [0.25, 0.3) is 0 Å². The number of carbonyl (C=O) groups excluding carboxylic acids is 1. The molecule has 1 heterocycles. The molecule has 0 spiro atoms. The average Bonchev–Trinajstić information content (AvgIpc) is 2.40. The Kier molecular flexibility index (Phi) is 4.49. The number of nitrogen functional groups attached to an aromatic ring is 1. The molecule has 0 atom stereocenters. The van der Waals surface area contributed by atoms with E-state index in [0.29, 0.717) is 5.75 Å². The maximum Gasteiger partial charge on any atom is 0.233 e. The predicted molar refractivity (Wildman–Crippen MR) is 75.8 cm³/mol. The summed E-state index contributed by atoms with van der Waals surface area (Å²) in [6.45, 7) is 5.46. The second-order valence-electron chi connectivity index (χ2n) is 4.44. The summed E-state index contributed by atoms with van der Waals surface area (Å²) in [6, 6.07) is 5.81. The van der Waals surface area contributed by atoms with Crippen LogP contribution in [0.25, 0.3) is 0 Å². The molecule has 0 saturated carbocycles. The molecule has 0 bridgehead atoms. The van der Waals surface area contributed by atoms with Crippen molar-refractivity contribution in [3.05, 3.63) is 23.8 Å². The van der Waals surface area contributed by atoms with Crippen LogP contribution in [0, 0.1) is 6.92 Å². The van der Waals surface area contributed by atoms with Crippen LogP contribution >= 0.6 is 11.8 Å².